The number of nitrogens with zero attached hydrogens (tertiary/aromatic N) is 2. The minimum Gasteiger partial charge on any atom is -0.494 e. The SMILES string of the molecule is CCOc1ccc(N2C[C@@H]3CC2CN3C(=O)C(CC)S(=O)CCN)cc1. The number of nitrogens with two attached hydrogens (primary N) is 1. The smallest absolute Gasteiger partial charge is 0.238 e. The molecule has 0 aromatic heterocycles. The first kappa shape index (κ1) is 19.2. The van der Waals surface area contributed by atoms with Crippen LogP contribution in [0.15, 0.2) is 24.3 Å². The first-order valence-electron chi connectivity index (χ1n) is 9.46. The van der Waals surface area contributed by atoms with Gasteiger partial charge in [0.1, 0.15) is 11.0 Å². The maximum atomic E-state index is 12.9. The van der Waals surface area contributed by atoms with Gasteiger partial charge in [-0.1, -0.05) is 6.92 Å². The van der Waals surface area contributed by atoms with Crippen LogP contribution in [0.2, 0.25) is 0 Å². The first-order valence-corrected chi connectivity index (χ1v) is 10.8. The summed E-state index contributed by atoms with van der Waals surface area (Å²) in [5, 5.41) is -0.420. The molecule has 1 aromatic rings. The number of carbonyl (C=O) groups excluding carboxylic acids is 1. The summed E-state index contributed by atoms with van der Waals surface area (Å²) in [5.74, 6) is 1.31. The van der Waals surface area contributed by atoms with E-state index in [4.69, 9.17) is 10.5 Å². The van der Waals surface area contributed by atoms with Crippen molar-refractivity contribution in [2.75, 3.05) is 36.9 Å². The van der Waals surface area contributed by atoms with Crippen LogP contribution in [0.3, 0.4) is 0 Å². The summed E-state index contributed by atoms with van der Waals surface area (Å²) < 4.78 is 17.8. The predicted octanol–water partition coefficient (Wildman–Crippen LogP) is 1.36. The second-order valence-corrected chi connectivity index (χ2v) is 8.62. The fraction of sp³-hybridized carbons (Fsp3) is 0.632. The largest absolute Gasteiger partial charge is 0.494 e. The summed E-state index contributed by atoms with van der Waals surface area (Å²) >= 11 is 0. The molecule has 3 unspecified atom stereocenters. The Balaban J connectivity index is 1.64. The fourth-order valence-electron chi connectivity index (χ4n) is 4.07. The van der Waals surface area contributed by atoms with Crippen LogP contribution in [0, 0.1) is 0 Å². The van der Waals surface area contributed by atoms with Gasteiger partial charge in [0.25, 0.3) is 0 Å². The molecule has 2 heterocycles. The van der Waals surface area contributed by atoms with E-state index in [0.29, 0.717) is 37.9 Å². The van der Waals surface area contributed by atoms with Crippen molar-refractivity contribution in [1.29, 1.82) is 0 Å². The highest BCUT2D eigenvalue weighted by molar-refractivity contribution is 7.86. The number of hydrogen-bond donors (Lipinski definition) is 1. The number of fused-ring (bicyclic) bond motifs is 2. The average Bonchev–Trinajstić information content (AvgIpc) is 3.24. The van der Waals surface area contributed by atoms with Gasteiger partial charge in [-0.05, 0) is 44.0 Å². The van der Waals surface area contributed by atoms with E-state index in [0.717, 1.165) is 18.7 Å². The number of anilines is 1. The van der Waals surface area contributed by atoms with E-state index in [1.54, 1.807) is 0 Å². The van der Waals surface area contributed by atoms with Gasteiger partial charge in [-0.25, -0.2) is 0 Å². The molecule has 0 aliphatic carbocycles. The molecule has 4 atom stereocenters. The molecule has 3 rings (SSSR count). The summed E-state index contributed by atoms with van der Waals surface area (Å²) in [6, 6.07) is 8.71. The van der Waals surface area contributed by atoms with Gasteiger partial charge in [0.2, 0.25) is 5.91 Å². The van der Waals surface area contributed by atoms with Crippen molar-refractivity contribution >= 4 is 22.4 Å². The number of benzene rings is 1. The molecule has 144 valence electrons. The molecular formula is C19H29N3O3S. The number of rotatable bonds is 8. The number of amides is 1. The molecule has 2 saturated heterocycles. The standard InChI is InChI=1S/C19H29N3O3S/c1-3-18(26(24)10-9-20)19(23)22-13-15-11-16(22)12-21(15)14-5-7-17(8-6-14)25-4-2/h5-8,15-16,18H,3-4,9-13,20H2,1-2H3/t15?,16-,18?,26?/m0/s1. The van der Waals surface area contributed by atoms with Crippen molar-refractivity contribution in [2.45, 2.75) is 44.0 Å². The monoisotopic (exact) mass is 379 g/mol. The minimum atomic E-state index is -1.18. The maximum absolute atomic E-state index is 12.9. The summed E-state index contributed by atoms with van der Waals surface area (Å²) in [6.45, 7) is 6.47. The van der Waals surface area contributed by atoms with Gasteiger partial charge in [-0.3, -0.25) is 9.00 Å². The highest BCUT2D eigenvalue weighted by Gasteiger charge is 2.46. The Morgan fingerprint density at radius 2 is 2.00 bits per heavy atom. The third kappa shape index (κ3) is 3.74. The molecule has 0 radical (unpaired) electrons. The lowest BCUT2D eigenvalue weighted by Crippen LogP contribution is -2.52. The minimum absolute atomic E-state index is 0.0399. The molecule has 6 nitrogen and oxygen atoms in total. The van der Waals surface area contributed by atoms with Crippen LogP contribution >= 0.6 is 0 Å². The molecule has 0 saturated carbocycles. The van der Waals surface area contributed by atoms with Crippen molar-refractivity contribution < 1.29 is 13.7 Å². The van der Waals surface area contributed by atoms with Gasteiger partial charge in [-0.2, -0.15) is 0 Å². The van der Waals surface area contributed by atoms with E-state index in [9.17, 15) is 9.00 Å². The molecule has 2 bridgehead atoms. The van der Waals surface area contributed by atoms with Crippen LogP contribution in [0.1, 0.15) is 26.7 Å². The van der Waals surface area contributed by atoms with Gasteiger partial charge in [0, 0.05) is 47.9 Å². The Morgan fingerprint density at radius 3 is 2.54 bits per heavy atom. The summed E-state index contributed by atoms with van der Waals surface area (Å²) in [4.78, 5) is 17.2. The molecule has 2 aliphatic heterocycles. The molecule has 2 fully saturated rings. The molecule has 2 N–H and O–H groups in total. The lowest BCUT2D eigenvalue weighted by Gasteiger charge is -2.37. The second-order valence-electron chi connectivity index (χ2n) is 6.88. The maximum Gasteiger partial charge on any atom is 0.238 e. The first-order chi connectivity index (χ1) is 12.6. The zero-order chi connectivity index (χ0) is 18.7. The summed E-state index contributed by atoms with van der Waals surface area (Å²) in [6.07, 6.45) is 1.58. The molecular weight excluding hydrogens is 350 g/mol. The molecule has 1 aromatic carbocycles. The molecule has 0 spiro atoms. The number of hydrogen-bond acceptors (Lipinski definition) is 5. The Kier molecular flexibility index (Phi) is 6.19. The Labute approximate surface area is 158 Å². The van der Waals surface area contributed by atoms with E-state index in [2.05, 4.69) is 17.0 Å². The van der Waals surface area contributed by atoms with Gasteiger partial charge in [0.05, 0.1) is 12.6 Å². The molecule has 7 heteroatoms. The van der Waals surface area contributed by atoms with Crippen LogP contribution < -0.4 is 15.4 Å². The van der Waals surface area contributed by atoms with Crippen molar-refractivity contribution in [3.05, 3.63) is 24.3 Å². The Bertz CT molecular complexity index is 652. The summed E-state index contributed by atoms with van der Waals surface area (Å²) in [7, 11) is -1.18. The molecule has 26 heavy (non-hydrogen) atoms. The van der Waals surface area contributed by atoms with Crippen molar-refractivity contribution in [3.8, 4) is 5.75 Å². The second kappa shape index (κ2) is 8.39. The van der Waals surface area contributed by atoms with E-state index in [1.807, 2.05) is 30.9 Å². The van der Waals surface area contributed by atoms with E-state index >= 15 is 0 Å². The number of piperazine rings is 1. The highest BCUT2D eigenvalue weighted by Crippen LogP contribution is 2.36. The van der Waals surface area contributed by atoms with Gasteiger partial charge >= 0.3 is 0 Å². The highest BCUT2D eigenvalue weighted by atomic mass is 32.2. The normalized spacial score (nSPS) is 24.0. The van der Waals surface area contributed by atoms with E-state index in [-0.39, 0.29) is 11.9 Å². The summed E-state index contributed by atoms with van der Waals surface area (Å²) in [5.41, 5.74) is 6.69. The van der Waals surface area contributed by atoms with Crippen molar-refractivity contribution in [3.63, 3.8) is 0 Å². The quantitative estimate of drug-likeness (QED) is 0.738. The lowest BCUT2D eigenvalue weighted by molar-refractivity contribution is -0.131. The lowest BCUT2D eigenvalue weighted by atomic mass is 10.2. The Hall–Kier alpha value is -1.60. The van der Waals surface area contributed by atoms with Crippen LogP contribution in [0.4, 0.5) is 5.69 Å². The van der Waals surface area contributed by atoms with Crippen LogP contribution in [-0.2, 0) is 15.6 Å². The fourth-order valence-corrected chi connectivity index (χ4v) is 5.32. The number of likely N-dealkylation sites (tertiary alicyclic amines) is 1. The molecule has 1 amide bonds. The van der Waals surface area contributed by atoms with Crippen LogP contribution in [0.5, 0.6) is 5.75 Å². The van der Waals surface area contributed by atoms with Crippen molar-refractivity contribution in [2.24, 2.45) is 5.73 Å². The average molecular weight is 380 g/mol. The third-order valence-corrected chi connectivity index (χ3v) is 7.09. The zero-order valence-corrected chi connectivity index (χ0v) is 16.4. The number of ether oxygens (including phenoxy) is 1. The van der Waals surface area contributed by atoms with E-state index in [1.165, 1.54) is 5.69 Å². The van der Waals surface area contributed by atoms with Gasteiger partial charge < -0.3 is 20.3 Å². The van der Waals surface area contributed by atoms with Gasteiger partial charge in [-0.15, -0.1) is 0 Å². The Morgan fingerprint density at radius 1 is 1.27 bits per heavy atom. The predicted molar refractivity (Wildman–Crippen MR) is 105 cm³/mol. The van der Waals surface area contributed by atoms with Crippen molar-refractivity contribution in [1.82, 2.24) is 4.90 Å². The number of carbonyl (C=O) groups is 1. The van der Waals surface area contributed by atoms with Crippen LogP contribution in [-0.4, -0.2) is 64.3 Å². The van der Waals surface area contributed by atoms with Crippen LogP contribution in [0.25, 0.3) is 0 Å². The van der Waals surface area contributed by atoms with Gasteiger partial charge in [0.15, 0.2) is 0 Å². The third-order valence-electron chi connectivity index (χ3n) is 5.29. The topological polar surface area (TPSA) is 75.9 Å². The molecule has 2 aliphatic rings. The van der Waals surface area contributed by atoms with E-state index < -0.39 is 16.0 Å². The zero-order valence-electron chi connectivity index (χ0n) is 15.6.